The Bertz CT molecular complexity index is 1110. The number of hydrogen-bond acceptors (Lipinski definition) is 4. The van der Waals surface area contributed by atoms with Gasteiger partial charge in [0.1, 0.15) is 5.82 Å². The number of hydrogen-bond donors (Lipinski definition) is 1. The molecule has 4 nitrogen and oxygen atoms in total. The first-order valence-corrected chi connectivity index (χ1v) is 10.3. The highest BCUT2D eigenvalue weighted by Crippen LogP contribution is 2.35. The monoisotopic (exact) mass is 427 g/mol. The van der Waals surface area contributed by atoms with E-state index in [2.05, 4.69) is 41.5 Å². The molecular weight excluding hydrogens is 403 g/mol. The molecule has 162 valence electrons. The van der Waals surface area contributed by atoms with E-state index in [0.717, 1.165) is 25.6 Å². The Labute approximate surface area is 179 Å². The molecule has 31 heavy (non-hydrogen) atoms. The number of rotatable bonds is 5. The van der Waals surface area contributed by atoms with Crippen LogP contribution in [-0.2, 0) is 6.18 Å². The molecule has 2 heterocycles. The Morgan fingerprint density at radius 1 is 1.19 bits per heavy atom. The Kier molecular flexibility index (Phi) is 5.71. The molecule has 1 fully saturated rings. The number of carbonyl (C=O) groups is 1. The maximum Gasteiger partial charge on any atom is 0.417 e. The minimum absolute atomic E-state index is 0.0924. The molecule has 1 saturated heterocycles. The average Bonchev–Trinajstić information content (AvgIpc) is 3.20. The van der Waals surface area contributed by atoms with Crippen LogP contribution in [-0.4, -0.2) is 29.9 Å². The van der Waals surface area contributed by atoms with Crippen molar-refractivity contribution in [3.8, 4) is 0 Å². The lowest BCUT2D eigenvalue weighted by molar-refractivity contribution is -0.137. The van der Waals surface area contributed by atoms with Gasteiger partial charge in [-0.25, -0.2) is 4.98 Å². The number of nitrogens with zero attached hydrogens (tertiary/aromatic N) is 2. The van der Waals surface area contributed by atoms with Crippen molar-refractivity contribution < 1.29 is 18.0 Å². The third kappa shape index (κ3) is 4.42. The van der Waals surface area contributed by atoms with Crippen LogP contribution in [0.4, 0.5) is 19.0 Å². The summed E-state index contributed by atoms with van der Waals surface area (Å²) in [4.78, 5) is 17.6. The lowest BCUT2D eigenvalue weighted by Crippen LogP contribution is -2.34. The number of aromatic nitrogens is 1. The van der Waals surface area contributed by atoms with E-state index in [0.29, 0.717) is 13.1 Å². The van der Waals surface area contributed by atoms with Crippen LogP contribution in [0.25, 0.3) is 10.8 Å². The second kappa shape index (κ2) is 8.30. The summed E-state index contributed by atoms with van der Waals surface area (Å²) < 4.78 is 40.3. The molecule has 7 heteroatoms. The number of halogens is 3. The molecular formula is C24H24F3N3O. The number of carbonyl (C=O) groups excluding carboxylic acids is 1. The van der Waals surface area contributed by atoms with E-state index < -0.39 is 23.1 Å². The van der Waals surface area contributed by atoms with Gasteiger partial charge in [0, 0.05) is 36.9 Å². The fourth-order valence-electron chi connectivity index (χ4n) is 4.31. The molecule has 0 radical (unpaired) electrons. The summed E-state index contributed by atoms with van der Waals surface area (Å²) in [5, 5.41) is 5.98. The summed E-state index contributed by atoms with van der Waals surface area (Å²) in [7, 11) is 0. The number of nitrogens with one attached hydrogen (secondary N) is 1. The second-order valence-corrected chi connectivity index (χ2v) is 8.03. The van der Waals surface area contributed by atoms with E-state index in [1.807, 2.05) is 23.1 Å². The number of ketones is 1. The van der Waals surface area contributed by atoms with E-state index in [4.69, 9.17) is 0 Å². The topological polar surface area (TPSA) is 45.2 Å². The number of alkyl halides is 3. The highest BCUT2D eigenvalue weighted by atomic mass is 19.4. The van der Waals surface area contributed by atoms with Crippen LogP contribution in [0.5, 0.6) is 0 Å². The minimum Gasteiger partial charge on any atom is -0.355 e. The third-order valence-electron chi connectivity index (χ3n) is 5.86. The van der Waals surface area contributed by atoms with Gasteiger partial charge in [-0.2, -0.15) is 13.2 Å². The highest BCUT2D eigenvalue weighted by molar-refractivity contribution is 5.95. The van der Waals surface area contributed by atoms with Gasteiger partial charge in [-0.3, -0.25) is 4.79 Å². The number of fused-ring (bicyclic) bond motifs is 1. The highest BCUT2D eigenvalue weighted by Gasteiger charge is 2.36. The quantitative estimate of drug-likeness (QED) is 0.555. The minimum atomic E-state index is -4.60. The van der Waals surface area contributed by atoms with Crippen molar-refractivity contribution in [1.82, 2.24) is 10.3 Å². The summed E-state index contributed by atoms with van der Waals surface area (Å²) in [6.45, 7) is 4.38. The van der Waals surface area contributed by atoms with Crippen LogP contribution >= 0.6 is 0 Å². The van der Waals surface area contributed by atoms with Crippen LogP contribution < -0.4 is 10.2 Å². The van der Waals surface area contributed by atoms with Crippen LogP contribution in [0.3, 0.4) is 0 Å². The Hall–Kier alpha value is -2.93. The van der Waals surface area contributed by atoms with Gasteiger partial charge in [-0.1, -0.05) is 42.5 Å². The van der Waals surface area contributed by atoms with Crippen molar-refractivity contribution in [2.45, 2.75) is 38.5 Å². The zero-order valence-corrected chi connectivity index (χ0v) is 17.4. The average molecular weight is 427 g/mol. The Morgan fingerprint density at radius 3 is 2.68 bits per heavy atom. The van der Waals surface area contributed by atoms with Gasteiger partial charge in [0.15, 0.2) is 5.78 Å². The first kappa shape index (κ1) is 21.3. The molecule has 0 aliphatic carbocycles. The fourth-order valence-corrected chi connectivity index (χ4v) is 4.31. The van der Waals surface area contributed by atoms with Gasteiger partial charge in [0.25, 0.3) is 0 Å². The number of pyridine rings is 1. The van der Waals surface area contributed by atoms with E-state index in [1.54, 1.807) is 0 Å². The number of benzene rings is 2. The van der Waals surface area contributed by atoms with E-state index in [1.165, 1.54) is 16.3 Å². The van der Waals surface area contributed by atoms with E-state index >= 15 is 0 Å². The molecule has 0 bridgehead atoms. The van der Waals surface area contributed by atoms with Crippen molar-refractivity contribution in [3.63, 3.8) is 0 Å². The van der Waals surface area contributed by atoms with Gasteiger partial charge in [-0.05, 0) is 42.7 Å². The molecule has 0 unspecified atom stereocenters. The van der Waals surface area contributed by atoms with Crippen molar-refractivity contribution in [3.05, 3.63) is 71.4 Å². The Morgan fingerprint density at radius 2 is 1.94 bits per heavy atom. The lowest BCUT2D eigenvalue weighted by atomic mass is 9.99. The van der Waals surface area contributed by atoms with E-state index in [9.17, 15) is 18.0 Å². The van der Waals surface area contributed by atoms with Gasteiger partial charge < -0.3 is 10.2 Å². The molecule has 0 spiro atoms. The molecule has 4 rings (SSSR count). The summed E-state index contributed by atoms with van der Waals surface area (Å²) in [5.41, 5.74) is -0.125. The first-order chi connectivity index (χ1) is 14.7. The molecule has 0 amide bonds. The van der Waals surface area contributed by atoms with Crippen molar-refractivity contribution in [2.75, 3.05) is 18.0 Å². The van der Waals surface area contributed by atoms with E-state index in [-0.39, 0.29) is 17.9 Å². The number of anilines is 1. The predicted molar refractivity (Wildman–Crippen MR) is 115 cm³/mol. The summed E-state index contributed by atoms with van der Waals surface area (Å²) >= 11 is 0. The molecule has 1 aliphatic heterocycles. The molecule has 2 aromatic carbocycles. The van der Waals surface area contributed by atoms with Crippen molar-refractivity contribution in [2.24, 2.45) is 0 Å². The largest absolute Gasteiger partial charge is 0.417 e. The molecule has 2 atom stereocenters. The Balaban J connectivity index is 1.50. The fraction of sp³-hybridized carbons (Fsp3) is 0.333. The smallest absolute Gasteiger partial charge is 0.355 e. The third-order valence-corrected chi connectivity index (χ3v) is 5.86. The van der Waals surface area contributed by atoms with Crippen LogP contribution in [0.15, 0.2) is 54.7 Å². The molecule has 0 saturated carbocycles. The zero-order chi connectivity index (χ0) is 22.2. The number of Topliss-reactive ketones (excluding diaryl/α,β-unsaturated/α-hetero) is 1. The van der Waals surface area contributed by atoms with Crippen LogP contribution in [0, 0.1) is 0 Å². The van der Waals surface area contributed by atoms with Gasteiger partial charge in [0.05, 0.1) is 5.56 Å². The molecule has 3 aromatic rings. The second-order valence-electron chi connectivity index (χ2n) is 8.03. The molecule has 1 N–H and O–H groups in total. The van der Waals surface area contributed by atoms with Gasteiger partial charge in [-0.15, -0.1) is 0 Å². The normalized spacial score (nSPS) is 17.8. The van der Waals surface area contributed by atoms with Gasteiger partial charge in [0.2, 0.25) is 0 Å². The standard InChI is InChI=1S/C24H24F3N3O/c1-15(19-9-5-7-17-6-3-4-8-20(17)19)29-18-10-11-30(14-18)23-12-22(24(25,26)27)21(13-28-23)16(2)31/h3-9,12-13,15,18,29H,10-11,14H2,1-2H3/t15-,18-/m1/s1. The lowest BCUT2D eigenvalue weighted by Gasteiger charge is -2.23. The van der Waals surface area contributed by atoms with Crippen LogP contribution in [0.1, 0.15) is 47.8 Å². The summed E-state index contributed by atoms with van der Waals surface area (Å²) in [6.07, 6.45) is -2.76. The SMILES string of the molecule is CC(=O)c1cnc(N2CC[C@@H](N[C@H](C)c3cccc4ccccc34)C2)cc1C(F)(F)F. The van der Waals surface area contributed by atoms with Crippen molar-refractivity contribution >= 4 is 22.4 Å². The maximum absolute atomic E-state index is 13.4. The van der Waals surface area contributed by atoms with Crippen molar-refractivity contribution in [1.29, 1.82) is 0 Å². The molecule has 1 aromatic heterocycles. The maximum atomic E-state index is 13.4. The zero-order valence-electron chi connectivity index (χ0n) is 17.4. The molecule has 1 aliphatic rings. The van der Waals surface area contributed by atoms with Gasteiger partial charge >= 0.3 is 6.18 Å². The summed E-state index contributed by atoms with van der Waals surface area (Å²) in [5.74, 6) is -0.393. The summed E-state index contributed by atoms with van der Waals surface area (Å²) in [6, 6.07) is 15.6. The van der Waals surface area contributed by atoms with Crippen LogP contribution in [0.2, 0.25) is 0 Å². The predicted octanol–water partition coefficient (Wildman–Crippen LogP) is 5.39. The first-order valence-electron chi connectivity index (χ1n) is 10.3.